The number of hydrogen-bond acceptors (Lipinski definition) is 4. The highest BCUT2D eigenvalue weighted by atomic mass is 16.5. The summed E-state index contributed by atoms with van der Waals surface area (Å²) >= 11 is 0. The van der Waals surface area contributed by atoms with E-state index in [1.807, 2.05) is 30.3 Å². The second-order valence-corrected chi connectivity index (χ2v) is 5.03. The van der Waals surface area contributed by atoms with Crippen molar-refractivity contribution in [2.45, 2.75) is 20.1 Å². The predicted octanol–water partition coefficient (Wildman–Crippen LogP) is 2.71. The molecule has 2 rings (SSSR count). The van der Waals surface area contributed by atoms with Crippen LogP contribution in [0.5, 0.6) is 5.75 Å². The molecule has 0 aliphatic carbocycles. The molecule has 0 atom stereocenters. The second kappa shape index (κ2) is 7.45. The highest BCUT2D eigenvalue weighted by molar-refractivity contribution is 5.90. The molecule has 5 heteroatoms. The fourth-order valence-electron chi connectivity index (χ4n) is 2.23. The van der Waals surface area contributed by atoms with Gasteiger partial charge in [0.25, 0.3) is 0 Å². The highest BCUT2D eigenvalue weighted by Gasteiger charge is 2.22. The Bertz CT molecular complexity index is 763. The van der Waals surface area contributed by atoms with Crippen LogP contribution in [0.15, 0.2) is 54.0 Å². The summed E-state index contributed by atoms with van der Waals surface area (Å²) in [4.78, 5) is 24.5. The number of carbonyl (C=O) groups is 1. The minimum Gasteiger partial charge on any atom is -0.482 e. The molecule has 1 aromatic heterocycles. The van der Waals surface area contributed by atoms with Gasteiger partial charge in [-0.25, -0.2) is 4.79 Å². The largest absolute Gasteiger partial charge is 0.482 e. The Balaban J connectivity index is 2.48. The van der Waals surface area contributed by atoms with Crippen molar-refractivity contribution in [2.75, 3.05) is 7.11 Å². The summed E-state index contributed by atoms with van der Waals surface area (Å²) in [5, 5.41) is 0. The monoisotopic (exact) mass is 313 g/mol. The van der Waals surface area contributed by atoms with Crippen molar-refractivity contribution >= 4 is 5.97 Å². The number of rotatable bonds is 6. The van der Waals surface area contributed by atoms with Gasteiger partial charge in [-0.05, 0) is 12.5 Å². The molecule has 0 saturated carbocycles. The number of pyridine rings is 1. The van der Waals surface area contributed by atoms with Crippen LogP contribution in [0.2, 0.25) is 0 Å². The van der Waals surface area contributed by atoms with Gasteiger partial charge in [-0.2, -0.15) is 0 Å². The first-order valence-corrected chi connectivity index (χ1v) is 7.18. The first-order chi connectivity index (χ1) is 11.1. The average Bonchev–Trinajstić information content (AvgIpc) is 2.57. The Kier molecular flexibility index (Phi) is 5.36. The average molecular weight is 313 g/mol. The molecule has 0 aliphatic heterocycles. The highest BCUT2D eigenvalue weighted by Crippen LogP contribution is 2.18. The van der Waals surface area contributed by atoms with Crippen molar-refractivity contribution in [3.8, 4) is 5.75 Å². The minimum atomic E-state index is -0.619. The minimum absolute atomic E-state index is 0.00236. The molecule has 0 spiro atoms. The first kappa shape index (κ1) is 16.5. The lowest BCUT2D eigenvalue weighted by molar-refractivity contribution is 0.0581. The Labute approximate surface area is 134 Å². The Morgan fingerprint density at radius 1 is 1.30 bits per heavy atom. The van der Waals surface area contributed by atoms with Crippen LogP contribution in [0.25, 0.3) is 0 Å². The zero-order valence-electron chi connectivity index (χ0n) is 13.2. The molecular formula is C18H19NO4. The molecule has 0 unspecified atom stereocenters. The van der Waals surface area contributed by atoms with Crippen LogP contribution >= 0.6 is 0 Å². The van der Waals surface area contributed by atoms with Crippen molar-refractivity contribution in [3.63, 3.8) is 0 Å². The molecule has 1 aromatic carbocycles. The zero-order chi connectivity index (χ0) is 16.8. The number of ether oxygens (including phenoxy) is 2. The van der Waals surface area contributed by atoms with Crippen LogP contribution in [0, 0.1) is 6.92 Å². The van der Waals surface area contributed by atoms with E-state index in [9.17, 15) is 9.59 Å². The summed E-state index contributed by atoms with van der Waals surface area (Å²) in [5.41, 5.74) is 1.17. The van der Waals surface area contributed by atoms with Crippen molar-refractivity contribution in [3.05, 3.63) is 76.2 Å². The molecule has 120 valence electrons. The van der Waals surface area contributed by atoms with Gasteiger partial charge in [0.1, 0.15) is 6.61 Å². The maximum Gasteiger partial charge on any atom is 0.358 e. The summed E-state index contributed by atoms with van der Waals surface area (Å²) in [6.07, 6.45) is 3.24. The van der Waals surface area contributed by atoms with Crippen LogP contribution in [0.4, 0.5) is 0 Å². The standard InChI is InChI=1S/C18H19NO4/c1-4-10-19-11-13(2)16(20)17(15(19)18(21)22-3)23-12-14-8-6-5-7-9-14/h4-9,11H,1,10,12H2,2-3H3. The number of methoxy groups -OCH3 is 1. The summed E-state index contributed by atoms with van der Waals surface area (Å²) in [6, 6.07) is 9.43. The van der Waals surface area contributed by atoms with E-state index < -0.39 is 5.97 Å². The maximum atomic E-state index is 12.4. The first-order valence-electron chi connectivity index (χ1n) is 7.18. The number of esters is 1. The SMILES string of the molecule is C=CCn1cc(C)c(=O)c(OCc2ccccc2)c1C(=O)OC. The fraction of sp³-hybridized carbons (Fsp3) is 0.222. The molecule has 1 heterocycles. The lowest BCUT2D eigenvalue weighted by Gasteiger charge is -2.16. The maximum absolute atomic E-state index is 12.4. The Hall–Kier alpha value is -2.82. The number of aryl methyl sites for hydroxylation is 1. The molecule has 5 nitrogen and oxygen atoms in total. The number of benzene rings is 1. The summed E-state index contributed by atoms with van der Waals surface area (Å²) in [6.45, 7) is 5.90. The number of allylic oxidation sites excluding steroid dienone is 1. The van der Waals surface area contributed by atoms with Gasteiger partial charge in [0.15, 0.2) is 11.4 Å². The molecule has 0 fully saturated rings. The molecular weight excluding hydrogens is 294 g/mol. The quantitative estimate of drug-likeness (QED) is 0.608. The Morgan fingerprint density at radius 2 is 2.00 bits per heavy atom. The van der Waals surface area contributed by atoms with Gasteiger partial charge in [-0.3, -0.25) is 4.79 Å². The smallest absolute Gasteiger partial charge is 0.358 e. The van der Waals surface area contributed by atoms with E-state index >= 15 is 0 Å². The van der Waals surface area contributed by atoms with Crippen molar-refractivity contribution < 1.29 is 14.3 Å². The molecule has 23 heavy (non-hydrogen) atoms. The van der Waals surface area contributed by atoms with Gasteiger partial charge in [-0.1, -0.05) is 36.4 Å². The summed E-state index contributed by atoms with van der Waals surface area (Å²) < 4.78 is 12.1. The van der Waals surface area contributed by atoms with E-state index in [-0.39, 0.29) is 23.5 Å². The summed E-state index contributed by atoms with van der Waals surface area (Å²) in [7, 11) is 1.27. The van der Waals surface area contributed by atoms with Crippen LogP contribution < -0.4 is 10.2 Å². The fourth-order valence-corrected chi connectivity index (χ4v) is 2.23. The van der Waals surface area contributed by atoms with Gasteiger partial charge >= 0.3 is 5.97 Å². The van der Waals surface area contributed by atoms with E-state index in [2.05, 4.69) is 6.58 Å². The molecule has 0 amide bonds. The topological polar surface area (TPSA) is 57.5 Å². The van der Waals surface area contributed by atoms with Crippen LogP contribution in [-0.2, 0) is 17.9 Å². The zero-order valence-corrected chi connectivity index (χ0v) is 13.2. The second-order valence-electron chi connectivity index (χ2n) is 5.03. The number of aromatic nitrogens is 1. The third-order valence-corrected chi connectivity index (χ3v) is 3.35. The Morgan fingerprint density at radius 3 is 2.61 bits per heavy atom. The van der Waals surface area contributed by atoms with Crippen LogP contribution in [0.3, 0.4) is 0 Å². The van der Waals surface area contributed by atoms with E-state index in [0.717, 1.165) is 5.56 Å². The molecule has 2 aromatic rings. The van der Waals surface area contributed by atoms with Crippen LogP contribution in [-0.4, -0.2) is 17.6 Å². The van der Waals surface area contributed by atoms with Gasteiger partial charge in [0.05, 0.1) is 7.11 Å². The predicted molar refractivity (Wildman–Crippen MR) is 87.7 cm³/mol. The summed E-state index contributed by atoms with van der Waals surface area (Å²) in [5.74, 6) is -0.616. The van der Waals surface area contributed by atoms with Crippen molar-refractivity contribution in [1.29, 1.82) is 0 Å². The van der Waals surface area contributed by atoms with Crippen molar-refractivity contribution in [2.24, 2.45) is 0 Å². The van der Waals surface area contributed by atoms with E-state index in [0.29, 0.717) is 12.1 Å². The lowest BCUT2D eigenvalue weighted by atomic mass is 10.2. The van der Waals surface area contributed by atoms with Gasteiger partial charge < -0.3 is 14.0 Å². The third-order valence-electron chi connectivity index (χ3n) is 3.35. The molecule has 0 saturated heterocycles. The van der Waals surface area contributed by atoms with E-state index in [1.165, 1.54) is 7.11 Å². The number of nitrogens with zero attached hydrogens (tertiary/aromatic N) is 1. The van der Waals surface area contributed by atoms with Gasteiger partial charge in [0, 0.05) is 18.3 Å². The van der Waals surface area contributed by atoms with Gasteiger partial charge in [-0.15, -0.1) is 6.58 Å². The van der Waals surface area contributed by atoms with Gasteiger partial charge in [0.2, 0.25) is 5.43 Å². The normalized spacial score (nSPS) is 10.2. The molecule has 0 radical (unpaired) electrons. The molecule has 0 bridgehead atoms. The number of carbonyl (C=O) groups excluding carboxylic acids is 1. The van der Waals surface area contributed by atoms with Crippen molar-refractivity contribution in [1.82, 2.24) is 4.57 Å². The van der Waals surface area contributed by atoms with E-state index in [4.69, 9.17) is 9.47 Å². The third kappa shape index (κ3) is 3.69. The van der Waals surface area contributed by atoms with Crippen LogP contribution in [0.1, 0.15) is 21.6 Å². The van der Waals surface area contributed by atoms with E-state index in [1.54, 1.807) is 23.8 Å². The molecule has 0 N–H and O–H groups in total. The number of hydrogen-bond donors (Lipinski definition) is 0. The lowest BCUT2D eigenvalue weighted by Crippen LogP contribution is -2.23. The molecule has 0 aliphatic rings.